The van der Waals surface area contributed by atoms with Gasteiger partial charge in [0.25, 0.3) is 0 Å². The van der Waals surface area contributed by atoms with Crippen molar-refractivity contribution in [3.8, 4) is 0 Å². The summed E-state index contributed by atoms with van der Waals surface area (Å²) in [4.78, 5) is 13.7. The molecule has 0 atom stereocenters. The molecule has 0 N–H and O–H groups in total. The molecule has 2 nitrogen and oxygen atoms in total. The number of nitrogens with zero attached hydrogens (tertiary/aromatic N) is 1. The Kier molecular flexibility index (Phi) is 3.39. The zero-order valence-electron chi connectivity index (χ0n) is 10.1. The number of rotatable bonds is 4. The van der Waals surface area contributed by atoms with E-state index in [0.717, 1.165) is 11.5 Å². The molecule has 86 valence electrons. The molecular formula is C14H19NO. The monoisotopic (exact) mass is 217 g/mol. The van der Waals surface area contributed by atoms with Crippen LogP contribution >= 0.6 is 0 Å². The lowest BCUT2D eigenvalue weighted by atomic mass is 9.80. The lowest BCUT2D eigenvalue weighted by molar-refractivity contribution is 0.0958. The van der Waals surface area contributed by atoms with Crippen LogP contribution in [0.3, 0.4) is 0 Å². The highest BCUT2D eigenvalue weighted by Gasteiger charge is 2.19. The van der Waals surface area contributed by atoms with E-state index in [1.165, 1.54) is 24.8 Å². The summed E-state index contributed by atoms with van der Waals surface area (Å²) in [5.74, 6) is 0.947. The Morgan fingerprint density at radius 1 is 1.25 bits per heavy atom. The molecule has 2 rings (SSSR count). The lowest BCUT2D eigenvalue weighted by Crippen LogP contribution is -2.21. The molecule has 0 heterocycles. The predicted octanol–water partition coefficient (Wildman–Crippen LogP) is 2.70. The third-order valence-corrected chi connectivity index (χ3v) is 3.27. The van der Waals surface area contributed by atoms with Crippen LogP contribution in [-0.4, -0.2) is 31.3 Å². The predicted molar refractivity (Wildman–Crippen MR) is 65.9 cm³/mol. The van der Waals surface area contributed by atoms with E-state index >= 15 is 0 Å². The number of hydrogen-bond acceptors (Lipinski definition) is 2. The molecule has 1 aromatic rings. The lowest BCUT2D eigenvalue weighted by Gasteiger charge is -2.25. The fourth-order valence-corrected chi connectivity index (χ4v) is 2.06. The molecule has 0 amide bonds. The van der Waals surface area contributed by atoms with Crippen LogP contribution in [0.2, 0.25) is 0 Å². The average Bonchev–Trinajstić information content (AvgIpc) is 2.15. The van der Waals surface area contributed by atoms with Gasteiger partial charge in [-0.1, -0.05) is 30.7 Å². The first-order valence-electron chi connectivity index (χ1n) is 5.94. The standard InChI is InChI=1S/C14H19NO/c1-15(2)10-14(16)13-8-6-12(7-9-13)11-4-3-5-11/h6-9,11H,3-5,10H2,1-2H3. The van der Waals surface area contributed by atoms with E-state index < -0.39 is 0 Å². The Morgan fingerprint density at radius 3 is 2.31 bits per heavy atom. The van der Waals surface area contributed by atoms with Crippen LogP contribution < -0.4 is 0 Å². The third kappa shape index (κ3) is 2.50. The first-order valence-corrected chi connectivity index (χ1v) is 5.94. The van der Waals surface area contributed by atoms with Crippen LogP contribution in [0, 0.1) is 0 Å². The van der Waals surface area contributed by atoms with Gasteiger partial charge in [-0.25, -0.2) is 0 Å². The molecule has 0 bridgehead atoms. The molecule has 2 heteroatoms. The topological polar surface area (TPSA) is 20.3 Å². The summed E-state index contributed by atoms with van der Waals surface area (Å²) in [5, 5.41) is 0. The molecule has 16 heavy (non-hydrogen) atoms. The van der Waals surface area contributed by atoms with Crippen LogP contribution in [0.15, 0.2) is 24.3 Å². The van der Waals surface area contributed by atoms with Crippen molar-refractivity contribution in [2.24, 2.45) is 0 Å². The molecule has 1 fully saturated rings. The second kappa shape index (κ2) is 4.79. The molecule has 0 aliphatic heterocycles. The van der Waals surface area contributed by atoms with Crippen molar-refractivity contribution < 1.29 is 4.79 Å². The van der Waals surface area contributed by atoms with Gasteiger partial charge in [0.15, 0.2) is 5.78 Å². The Hall–Kier alpha value is -1.15. The third-order valence-electron chi connectivity index (χ3n) is 3.27. The maximum Gasteiger partial charge on any atom is 0.176 e. The van der Waals surface area contributed by atoms with Gasteiger partial charge in [0, 0.05) is 5.56 Å². The summed E-state index contributed by atoms with van der Waals surface area (Å²) in [7, 11) is 3.83. The van der Waals surface area contributed by atoms with Crippen LogP contribution in [0.5, 0.6) is 0 Å². The van der Waals surface area contributed by atoms with Gasteiger partial charge >= 0.3 is 0 Å². The molecule has 1 aromatic carbocycles. The largest absolute Gasteiger partial charge is 0.302 e. The Bertz CT molecular complexity index is 363. The van der Waals surface area contributed by atoms with Crippen LogP contribution in [0.25, 0.3) is 0 Å². The second-order valence-electron chi connectivity index (χ2n) is 4.91. The minimum atomic E-state index is 0.199. The number of benzene rings is 1. The first kappa shape index (κ1) is 11.3. The molecule has 0 saturated heterocycles. The van der Waals surface area contributed by atoms with Crippen LogP contribution in [-0.2, 0) is 0 Å². The summed E-state index contributed by atoms with van der Waals surface area (Å²) in [5.41, 5.74) is 2.23. The number of ketones is 1. The highest BCUT2D eigenvalue weighted by Crippen LogP contribution is 2.36. The van der Waals surface area contributed by atoms with Crippen LogP contribution in [0.1, 0.15) is 41.1 Å². The summed E-state index contributed by atoms with van der Waals surface area (Å²) >= 11 is 0. The van der Waals surface area contributed by atoms with Crippen molar-refractivity contribution >= 4 is 5.78 Å². The van der Waals surface area contributed by atoms with Gasteiger partial charge in [-0.3, -0.25) is 4.79 Å². The van der Waals surface area contributed by atoms with E-state index in [1.807, 2.05) is 31.1 Å². The molecule has 1 saturated carbocycles. The number of likely N-dealkylation sites (N-methyl/N-ethyl adjacent to an activating group) is 1. The van der Waals surface area contributed by atoms with Gasteiger partial charge in [0.1, 0.15) is 0 Å². The van der Waals surface area contributed by atoms with Crippen molar-refractivity contribution in [3.05, 3.63) is 35.4 Å². The Labute approximate surface area is 97.3 Å². The van der Waals surface area contributed by atoms with Gasteiger partial charge in [0.05, 0.1) is 6.54 Å². The van der Waals surface area contributed by atoms with Crippen molar-refractivity contribution in [1.29, 1.82) is 0 Å². The quantitative estimate of drug-likeness (QED) is 0.723. The van der Waals surface area contributed by atoms with E-state index in [4.69, 9.17) is 0 Å². The summed E-state index contributed by atoms with van der Waals surface area (Å²) in [6.07, 6.45) is 3.97. The fourth-order valence-electron chi connectivity index (χ4n) is 2.06. The summed E-state index contributed by atoms with van der Waals surface area (Å²) in [6.45, 7) is 0.489. The van der Waals surface area contributed by atoms with E-state index in [1.54, 1.807) is 0 Å². The van der Waals surface area contributed by atoms with Gasteiger partial charge in [-0.15, -0.1) is 0 Å². The number of Topliss-reactive ketones (excluding diaryl/α,β-unsaturated/α-hetero) is 1. The van der Waals surface area contributed by atoms with E-state index in [2.05, 4.69) is 12.1 Å². The molecule has 1 aliphatic rings. The molecule has 0 spiro atoms. The summed E-state index contributed by atoms with van der Waals surface area (Å²) < 4.78 is 0. The van der Waals surface area contributed by atoms with Crippen molar-refractivity contribution in [2.75, 3.05) is 20.6 Å². The number of carbonyl (C=O) groups is 1. The van der Waals surface area contributed by atoms with Crippen molar-refractivity contribution in [1.82, 2.24) is 4.90 Å². The second-order valence-corrected chi connectivity index (χ2v) is 4.91. The smallest absolute Gasteiger partial charge is 0.176 e. The average molecular weight is 217 g/mol. The minimum Gasteiger partial charge on any atom is -0.302 e. The van der Waals surface area contributed by atoms with Gasteiger partial charge in [-0.2, -0.15) is 0 Å². The highest BCUT2D eigenvalue weighted by molar-refractivity contribution is 5.97. The SMILES string of the molecule is CN(C)CC(=O)c1ccc(C2CCC2)cc1. The molecule has 0 radical (unpaired) electrons. The minimum absolute atomic E-state index is 0.199. The molecule has 0 unspecified atom stereocenters. The summed E-state index contributed by atoms with van der Waals surface area (Å²) in [6, 6.07) is 8.18. The highest BCUT2D eigenvalue weighted by atomic mass is 16.1. The number of hydrogen-bond donors (Lipinski definition) is 0. The van der Waals surface area contributed by atoms with Gasteiger partial charge < -0.3 is 4.90 Å². The van der Waals surface area contributed by atoms with E-state index in [9.17, 15) is 4.79 Å². The van der Waals surface area contributed by atoms with Crippen LogP contribution in [0.4, 0.5) is 0 Å². The van der Waals surface area contributed by atoms with Crippen molar-refractivity contribution in [2.45, 2.75) is 25.2 Å². The normalized spacial score (nSPS) is 16.2. The maximum absolute atomic E-state index is 11.8. The van der Waals surface area contributed by atoms with Crippen molar-refractivity contribution in [3.63, 3.8) is 0 Å². The maximum atomic E-state index is 11.8. The number of carbonyl (C=O) groups excluding carboxylic acids is 1. The van der Waals surface area contributed by atoms with E-state index in [-0.39, 0.29) is 5.78 Å². The molecule has 0 aromatic heterocycles. The first-order chi connectivity index (χ1) is 7.66. The molecular weight excluding hydrogens is 198 g/mol. The molecule has 1 aliphatic carbocycles. The van der Waals surface area contributed by atoms with Gasteiger partial charge in [-0.05, 0) is 38.4 Å². The fraction of sp³-hybridized carbons (Fsp3) is 0.500. The Morgan fingerprint density at radius 2 is 1.88 bits per heavy atom. The van der Waals surface area contributed by atoms with Gasteiger partial charge in [0.2, 0.25) is 0 Å². The zero-order valence-corrected chi connectivity index (χ0v) is 10.1. The van der Waals surface area contributed by atoms with E-state index in [0.29, 0.717) is 6.54 Å². The zero-order chi connectivity index (χ0) is 11.5. The Balaban J connectivity index is 2.03.